The molecule has 1 N–H and O–H groups in total. The Morgan fingerprint density at radius 2 is 2.18 bits per heavy atom. The van der Waals surface area contributed by atoms with Crippen LogP contribution in [0.2, 0.25) is 0 Å². The van der Waals surface area contributed by atoms with Gasteiger partial charge in [0.15, 0.2) is 0 Å². The highest BCUT2D eigenvalue weighted by molar-refractivity contribution is 5.82. The van der Waals surface area contributed by atoms with E-state index in [2.05, 4.69) is 4.98 Å². The number of halogens is 1. The number of hydrogen-bond acceptors (Lipinski definition) is 0. The van der Waals surface area contributed by atoms with Crippen molar-refractivity contribution in [2.24, 2.45) is 0 Å². The third-order valence-electron chi connectivity index (χ3n) is 1.84. The van der Waals surface area contributed by atoms with Crippen LogP contribution in [0.15, 0.2) is 24.4 Å². The van der Waals surface area contributed by atoms with Crippen molar-refractivity contribution in [1.82, 2.24) is 4.98 Å². The number of benzene rings is 1. The molecule has 2 rings (SSSR count). The van der Waals surface area contributed by atoms with Crippen LogP contribution >= 0.6 is 0 Å². The summed E-state index contributed by atoms with van der Waals surface area (Å²) in [6.45, 7) is 1.90. The van der Waals surface area contributed by atoms with Crippen molar-refractivity contribution in [1.29, 1.82) is 0 Å². The minimum atomic E-state index is -0.183. The first-order valence-electron chi connectivity index (χ1n) is 3.50. The van der Waals surface area contributed by atoms with Gasteiger partial charge in [-0.15, -0.1) is 0 Å². The third kappa shape index (κ3) is 0.909. The molecule has 1 aromatic heterocycles. The molecule has 56 valence electrons. The van der Waals surface area contributed by atoms with E-state index in [0.29, 0.717) is 0 Å². The molecule has 2 aromatic rings. The van der Waals surface area contributed by atoms with Crippen molar-refractivity contribution in [2.45, 2.75) is 6.92 Å². The Bertz CT molecular complexity index is 389. The first-order chi connectivity index (χ1) is 5.27. The van der Waals surface area contributed by atoms with Crippen LogP contribution in [0.5, 0.6) is 0 Å². The van der Waals surface area contributed by atoms with Gasteiger partial charge in [0, 0.05) is 17.1 Å². The zero-order valence-electron chi connectivity index (χ0n) is 6.19. The number of aromatic amines is 1. The van der Waals surface area contributed by atoms with Crippen LogP contribution in [-0.2, 0) is 0 Å². The van der Waals surface area contributed by atoms with E-state index in [9.17, 15) is 4.39 Å². The molecular formula is C9H8FN. The topological polar surface area (TPSA) is 15.8 Å². The van der Waals surface area contributed by atoms with Crippen LogP contribution < -0.4 is 0 Å². The first-order valence-corrected chi connectivity index (χ1v) is 3.50. The molecule has 0 unspecified atom stereocenters. The number of aryl methyl sites for hydroxylation is 1. The van der Waals surface area contributed by atoms with E-state index in [1.807, 2.05) is 19.2 Å². The quantitative estimate of drug-likeness (QED) is 0.592. The van der Waals surface area contributed by atoms with Gasteiger partial charge >= 0.3 is 0 Å². The van der Waals surface area contributed by atoms with Gasteiger partial charge in [-0.25, -0.2) is 4.39 Å². The SMILES string of the molecule is Cc1cc(F)cc2[nH]ccc12. The van der Waals surface area contributed by atoms with Crippen molar-refractivity contribution in [3.63, 3.8) is 0 Å². The smallest absolute Gasteiger partial charge is 0.125 e. The molecule has 1 nitrogen and oxygen atoms in total. The average molecular weight is 149 g/mol. The number of rotatable bonds is 0. The highest BCUT2D eigenvalue weighted by atomic mass is 19.1. The van der Waals surface area contributed by atoms with Crippen molar-refractivity contribution in [2.75, 3.05) is 0 Å². The lowest BCUT2D eigenvalue weighted by Crippen LogP contribution is -1.78. The Balaban J connectivity index is 2.91. The zero-order valence-corrected chi connectivity index (χ0v) is 6.19. The lowest BCUT2D eigenvalue weighted by molar-refractivity contribution is 0.628. The van der Waals surface area contributed by atoms with Gasteiger partial charge in [-0.1, -0.05) is 0 Å². The van der Waals surface area contributed by atoms with Gasteiger partial charge in [0.25, 0.3) is 0 Å². The van der Waals surface area contributed by atoms with Gasteiger partial charge in [-0.05, 0) is 30.7 Å². The van der Waals surface area contributed by atoms with Gasteiger partial charge < -0.3 is 4.98 Å². The standard InChI is InChI=1S/C9H8FN/c1-6-4-7(10)5-9-8(6)2-3-11-9/h2-5,11H,1H3. The molecule has 0 aliphatic heterocycles. The van der Waals surface area contributed by atoms with E-state index in [4.69, 9.17) is 0 Å². The minimum Gasteiger partial charge on any atom is -0.361 e. The Labute approximate surface area is 63.9 Å². The second kappa shape index (κ2) is 2.09. The van der Waals surface area contributed by atoms with Gasteiger partial charge in [0.05, 0.1) is 0 Å². The number of hydrogen-bond donors (Lipinski definition) is 1. The molecular weight excluding hydrogens is 141 g/mol. The first kappa shape index (κ1) is 6.40. The van der Waals surface area contributed by atoms with Crippen LogP contribution in [0.1, 0.15) is 5.56 Å². The van der Waals surface area contributed by atoms with Gasteiger partial charge in [0.2, 0.25) is 0 Å². The normalized spacial score (nSPS) is 10.7. The summed E-state index contributed by atoms with van der Waals surface area (Å²) in [4.78, 5) is 2.96. The monoisotopic (exact) mass is 149 g/mol. The summed E-state index contributed by atoms with van der Waals surface area (Å²) in [5.41, 5.74) is 1.84. The summed E-state index contributed by atoms with van der Waals surface area (Å²) >= 11 is 0. The Hall–Kier alpha value is -1.31. The second-order valence-electron chi connectivity index (χ2n) is 2.66. The molecule has 2 heteroatoms. The molecule has 0 bridgehead atoms. The second-order valence-corrected chi connectivity index (χ2v) is 2.66. The molecule has 0 amide bonds. The Morgan fingerprint density at radius 1 is 1.36 bits per heavy atom. The molecule has 1 heterocycles. The maximum Gasteiger partial charge on any atom is 0.125 e. The number of H-pyrrole nitrogens is 1. The molecule has 0 spiro atoms. The van der Waals surface area contributed by atoms with Gasteiger partial charge in [-0.2, -0.15) is 0 Å². The largest absolute Gasteiger partial charge is 0.361 e. The molecule has 0 fully saturated rings. The van der Waals surface area contributed by atoms with Crippen LogP contribution in [0, 0.1) is 12.7 Å². The van der Waals surface area contributed by atoms with Gasteiger partial charge in [-0.3, -0.25) is 0 Å². The molecule has 0 saturated heterocycles. The Kier molecular flexibility index (Phi) is 1.22. The summed E-state index contributed by atoms with van der Waals surface area (Å²) in [6, 6.07) is 4.99. The summed E-state index contributed by atoms with van der Waals surface area (Å²) in [6.07, 6.45) is 1.82. The fourth-order valence-corrected chi connectivity index (χ4v) is 1.31. The molecule has 0 radical (unpaired) electrons. The summed E-state index contributed by atoms with van der Waals surface area (Å²) in [5, 5.41) is 1.09. The van der Waals surface area contributed by atoms with Crippen LogP contribution in [0.4, 0.5) is 4.39 Å². The maximum absolute atomic E-state index is 12.8. The lowest BCUT2D eigenvalue weighted by atomic mass is 10.1. The van der Waals surface area contributed by atoms with E-state index in [1.54, 1.807) is 0 Å². The summed E-state index contributed by atoms with van der Waals surface area (Å²) < 4.78 is 12.8. The number of fused-ring (bicyclic) bond motifs is 1. The van der Waals surface area contributed by atoms with Crippen LogP contribution in [-0.4, -0.2) is 4.98 Å². The Morgan fingerprint density at radius 3 is 3.00 bits per heavy atom. The molecule has 0 aliphatic carbocycles. The fraction of sp³-hybridized carbons (Fsp3) is 0.111. The van der Waals surface area contributed by atoms with E-state index >= 15 is 0 Å². The van der Waals surface area contributed by atoms with Gasteiger partial charge in [0.1, 0.15) is 5.82 Å². The lowest BCUT2D eigenvalue weighted by Gasteiger charge is -1.95. The summed E-state index contributed by atoms with van der Waals surface area (Å²) in [5.74, 6) is -0.183. The van der Waals surface area contributed by atoms with Crippen molar-refractivity contribution in [3.05, 3.63) is 35.8 Å². The third-order valence-corrected chi connectivity index (χ3v) is 1.84. The number of aromatic nitrogens is 1. The summed E-state index contributed by atoms with van der Waals surface area (Å²) in [7, 11) is 0. The van der Waals surface area contributed by atoms with E-state index in [0.717, 1.165) is 16.5 Å². The molecule has 0 atom stereocenters. The van der Waals surface area contributed by atoms with E-state index < -0.39 is 0 Å². The molecule has 11 heavy (non-hydrogen) atoms. The van der Waals surface area contributed by atoms with Crippen molar-refractivity contribution >= 4 is 10.9 Å². The van der Waals surface area contributed by atoms with Crippen molar-refractivity contribution < 1.29 is 4.39 Å². The zero-order chi connectivity index (χ0) is 7.84. The number of nitrogens with one attached hydrogen (secondary N) is 1. The molecule has 0 saturated carbocycles. The fourth-order valence-electron chi connectivity index (χ4n) is 1.31. The van der Waals surface area contributed by atoms with Crippen LogP contribution in [0.25, 0.3) is 10.9 Å². The maximum atomic E-state index is 12.8. The van der Waals surface area contributed by atoms with E-state index in [-0.39, 0.29) is 5.82 Å². The molecule has 0 aliphatic rings. The highest BCUT2D eigenvalue weighted by Crippen LogP contribution is 2.17. The minimum absolute atomic E-state index is 0.183. The van der Waals surface area contributed by atoms with E-state index in [1.165, 1.54) is 12.1 Å². The predicted octanol–water partition coefficient (Wildman–Crippen LogP) is 2.62. The average Bonchev–Trinajstić information content (AvgIpc) is 2.34. The van der Waals surface area contributed by atoms with Crippen LogP contribution in [0.3, 0.4) is 0 Å². The van der Waals surface area contributed by atoms with Crippen molar-refractivity contribution in [3.8, 4) is 0 Å². The molecule has 1 aromatic carbocycles. The predicted molar refractivity (Wildman–Crippen MR) is 43.0 cm³/mol. The highest BCUT2D eigenvalue weighted by Gasteiger charge is 1.99.